The van der Waals surface area contributed by atoms with Gasteiger partial charge in [0.1, 0.15) is 0 Å². The first-order valence-corrected chi connectivity index (χ1v) is 8.33. The maximum absolute atomic E-state index is 12.3. The smallest absolute Gasteiger partial charge is 0.237 e. The SMILES string of the molecule is C[C@H](C(=O)NCc1ccc2c(c1)OCO2)N(C)CC(=O)NC(C)(C)C. The maximum Gasteiger partial charge on any atom is 0.237 e. The molecule has 2 N–H and O–H groups in total. The number of rotatable bonds is 6. The van der Waals surface area contributed by atoms with Gasteiger partial charge in [0.05, 0.1) is 12.6 Å². The average molecular weight is 349 g/mol. The van der Waals surface area contributed by atoms with E-state index in [2.05, 4.69) is 10.6 Å². The van der Waals surface area contributed by atoms with E-state index in [1.807, 2.05) is 39.0 Å². The molecule has 1 aliphatic rings. The number of benzene rings is 1. The Bertz CT molecular complexity index is 640. The molecule has 0 unspecified atom stereocenters. The van der Waals surface area contributed by atoms with Crippen LogP contribution in [-0.4, -0.2) is 48.7 Å². The Balaban J connectivity index is 1.82. The highest BCUT2D eigenvalue weighted by atomic mass is 16.7. The largest absolute Gasteiger partial charge is 0.454 e. The van der Waals surface area contributed by atoms with Gasteiger partial charge in [-0.2, -0.15) is 0 Å². The summed E-state index contributed by atoms with van der Waals surface area (Å²) in [5.41, 5.74) is 0.640. The summed E-state index contributed by atoms with van der Waals surface area (Å²) >= 11 is 0. The van der Waals surface area contributed by atoms with Crippen molar-refractivity contribution in [2.24, 2.45) is 0 Å². The van der Waals surface area contributed by atoms with Crippen LogP contribution in [0.2, 0.25) is 0 Å². The van der Waals surface area contributed by atoms with Crippen LogP contribution in [0.5, 0.6) is 11.5 Å². The molecule has 2 rings (SSSR count). The Kier molecular flexibility index (Phi) is 5.89. The van der Waals surface area contributed by atoms with Crippen LogP contribution in [0.1, 0.15) is 33.3 Å². The number of carbonyl (C=O) groups is 2. The molecule has 7 heteroatoms. The van der Waals surface area contributed by atoms with E-state index in [1.54, 1.807) is 18.9 Å². The molecule has 0 aliphatic carbocycles. The van der Waals surface area contributed by atoms with Crippen LogP contribution >= 0.6 is 0 Å². The van der Waals surface area contributed by atoms with Crippen molar-refractivity contribution in [3.8, 4) is 11.5 Å². The van der Waals surface area contributed by atoms with E-state index in [0.717, 1.165) is 5.56 Å². The van der Waals surface area contributed by atoms with Gasteiger partial charge >= 0.3 is 0 Å². The van der Waals surface area contributed by atoms with Gasteiger partial charge in [-0.15, -0.1) is 0 Å². The Labute approximate surface area is 148 Å². The van der Waals surface area contributed by atoms with Crippen LogP contribution in [0, 0.1) is 0 Å². The van der Waals surface area contributed by atoms with E-state index >= 15 is 0 Å². The molecule has 1 heterocycles. The molecule has 1 atom stereocenters. The van der Waals surface area contributed by atoms with E-state index in [1.165, 1.54) is 0 Å². The number of amides is 2. The van der Waals surface area contributed by atoms with Crippen molar-refractivity contribution >= 4 is 11.8 Å². The van der Waals surface area contributed by atoms with Gasteiger partial charge in [-0.1, -0.05) is 6.07 Å². The molecule has 0 radical (unpaired) electrons. The van der Waals surface area contributed by atoms with E-state index < -0.39 is 6.04 Å². The summed E-state index contributed by atoms with van der Waals surface area (Å²) in [5.74, 6) is 1.16. The van der Waals surface area contributed by atoms with E-state index in [-0.39, 0.29) is 30.7 Å². The van der Waals surface area contributed by atoms with Gasteiger partial charge < -0.3 is 20.1 Å². The first-order valence-electron chi connectivity index (χ1n) is 8.33. The van der Waals surface area contributed by atoms with Crippen LogP contribution in [0.4, 0.5) is 0 Å². The number of hydrogen-bond acceptors (Lipinski definition) is 5. The van der Waals surface area contributed by atoms with Crippen LogP contribution in [-0.2, 0) is 16.1 Å². The van der Waals surface area contributed by atoms with Gasteiger partial charge in [0.2, 0.25) is 18.6 Å². The number of hydrogen-bond donors (Lipinski definition) is 2. The van der Waals surface area contributed by atoms with Crippen molar-refractivity contribution in [3.63, 3.8) is 0 Å². The highest BCUT2D eigenvalue weighted by Gasteiger charge is 2.22. The summed E-state index contributed by atoms with van der Waals surface area (Å²) in [6.45, 7) is 8.33. The number of ether oxygens (including phenoxy) is 2. The van der Waals surface area contributed by atoms with E-state index in [9.17, 15) is 9.59 Å². The normalized spacial score (nSPS) is 14.3. The number of nitrogens with zero attached hydrogens (tertiary/aromatic N) is 1. The number of likely N-dealkylation sites (N-methyl/N-ethyl adjacent to an activating group) is 1. The first-order chi connectivity index (χ1) is 11.7. The fourth-order valence-corrected chi connectivity index (χ4v) is 2.41. The molecule has 0 bridgehead atoms. The third-order valence-electron chi connectivity index (χ3n) is 3.85. The van der Waals surface area contributed by atoms with Crippen molar-refractivity contribution in [1.29, 1.82) is 0 Å². The lowest BCUT2D eigenvalue weighted by molar-refractivity contribution is -0.128. The summed E-state index contributed by atoms with van der Waals surface area (Å²) in [6, 6.07) is 5.16. The predicted octanol–water partition coefficient (Wildman–Crippen LogP) is 1.27. The topological polar surface area (TPSA) is 79.9 Å². The number of fused-ring (bicyclic) bond motifs is 1. The molecule has 1 aromatic carbocycles. The second kappa shape index (κ2) is 7.74. The standard InChI is InChI=1S/C18H27N3O4/c1-12(21(5)10-16(22)20-18(2,3)4)17(23)19-9-13-6-7-14-15(8-13)25-11-24-14/h6-8,12H,9-11H2,1-5H3,(H,19,23)(H,20,22)/t12-/m1/s1. The zero-order valence-corrected chi connectivity index (χ0v) is 15.5. The second-order valence-corrected chi connectivity index (χ2v) is 7.29. The highest BCUT2D eigenvalue weighted by molar-refractivity contribution is 5.83. The summed E-state index contributed by atoms with van der Waals surface area (Å²) in [7, 11) is 1.76. The number of carbonyl (C=O) groups excluding carboxylic acids is 2. The molecule has 1 aliphatic heterocycles. The molecule has 0 saturated heterocycles. The van der Waals surface area contributed by atoms with Crippen molar-refractivity contribution < 1.29 is 19.1 Å². The third-order valence-corrected chi connectivity index (χ3v) is 3.85. The minimum absolute atomic E-state index is 0.106. The Morgan fingerprint density at radius 2 is 1.92 bits per heavy atom. The van der Waals surface area contributed by atoms with Gasteiger partial charge in [0, 0.05) is 12.1 Å². The summed E-state index contributed by atoms with van der Waals surface area (Å²) in [4.78, 5) is 26.0. The number of nitrogens with one attached hydrogen (secondary N) is 2. The van der Waals surface area contributed by atoms with Crippen LogP contribution in [0.15, 0.2) is 18.2 Å². The minimum Gasteiger partial charge on any atom is -0.454 e. The van der Waals surface area contributed by atoms with E-state index in [4.69, 9.17) is 9.47 Å². The molecule has 0 fully saturated rings. The molecule has 1 aromatic rings. The summed E-state index contributed by atoms with van der Waals surface area (Å²) < 4.78 is 10.6. The summed E-state index contributed by atoms with van der Waals surface area (Å²) in [5, 5.41) is 5.77. The van der Waals surface area contributed by atoms with Crippen LogP contribution in [0.25, 0.3) is 0 Å². The van der Waals surface area contributed by atoms with Crippen molar-refractivity contribution in [3.05, 3.63) is 23.8 Å². The van der Waals surface area contributed by atoms with Crippen LogP contribution < -0.4 is 20.1 Å². The molecular formula is C18H27N3O4. The quantitative estimate of drug-likeness (QED) is 0.808. The summed E-state index contributed by atoms with van der Waals surface area (Å²) in [6.07, 6.45) is 0. The van der Waals surface area contributed by atoms with Crippen molar-refractivity contribution in [1.82, 2.24) is 15.5 Å². The molecule has 2 amide bonds. The fourth-order valence-electron chi connectivity index (χ4n) is 2.41. The first kappa shape index (κ1) is 19.1. The van der Waals surface area contributed by atoms with Crippen molar-refractivity contribution in [2.75, 3.05) is 20.4 Å². The Morgan fingerprint density at radius 1 is 1.24 bits per heavy atom. The molecular weight excluding hydrogens is 322 g/mol. The molecule has 0 saturated carbocycles. The fraction of sp³-hybridized carbons (Fsp3) is 0.556. The van der Waals surface area contributed by atoms with Gasteiger partial charge in [-0.3, -0.25) is 14.5 Å². The predicted molar refractivity (Wildman–Crippen MR) is 94.4 cm³/mol. The molecule has 0 aromatic heterocycles. The van der Waals surface area contributed by atoms with Crippen molar-refractivity contribution in [2.45, 2.75) is 45.8 Å². The van der Waals surface area contributed by atoms with Gasteiger partial charge in [0.25, 0.3) is 0 Å². The van der Waals surface area contributed by atoms with Gasteiger partial charge in [-0.05, 0) is 52.4 Å². The zero-order valence-electron chi connectivity index (χ0n) is 15.5. The molecule has 138 valence electrons. The lowest BCUT2D eigenvalue weighted by Crippen LogP contribution is -2.50. The maximum atomic E-state index is 12.3. The van der Waals surface area contributed by atoms with Gasteiger partial charge in [-0.25, -0.2) is 0 Å². The lowest BCUT2D eigenvalue weighted by atomic mass is 10.1. The zero-order chi connectivity index (χ0) is 18.6. The second-order valence-electron chi connectivity index (χ2n) is 7.29. The molecule has 7 nitrogen and oxygen atoms in total. The van der Waals surface area contributed by atoms with Crippen LogP contribution in [0.3, 0.4) is 0 Å². The highest BCUT2D eigenvalue weighted by Crippen LogP contribution is 2.32. The Morgan fingerprint density at radius 3 is 2.60 bits per heavy atom. The van der Waals surface area contributed by atoms with E-state index in [0.29, 0.717) is 18.0 Å². The minimum atomic E-state index is -0.417. The average Bonchev–Trinajstić information content (AvgIpc) is 2.97. The van der Waals surface area contributed by atoms with Gasteiger partial charge in [0.15, 0.2) is 11.5 Å². The molecule has 0 spiro atoms. The Hall–Kier alpha value is -2.28. The third kappa shape index (κ3) is 5.63. The monoisotopic (exact) mass is 349 g/mol. The lowest BCUT2D eigenvalue weighted by Gasteiger charge is -2.26. The molecule has 25 heavy (non-hydrogen) atoms.